The molecule has 1 aromatic heterocycles. The van der Waals surface area contributed by atoms with E-state index in [1.807, 2.05) is 27.7 Å². The molecule has 0 radical (unpaired) electrons. The number of ether oxygens (including phenoxy) is 1. The number of rotatable bonds is 10. The second-order valence-corrected chi connectivity index (χ2v) is 13.0. The molecule has 11 nitrogen and oxygen atoms in total. The average Bonchev–Trinajstić information content (AvgIpc) is 3.64. The molecule has 1 unspecified atom stereocenters. The Hall–Kier alpha value is -4.54. The van der Waals surface area contributed by atoms with E-state index >= 15 is 0 Å². The van der Waals surface area contributed by atoms with Crippen LogP contribution in [0.1, 0.15) is 92.7 Å². The van der Waals surface area contributed by atoms with E-state index in [0.717, 1.165) is 0 Å². The fraction of sp³-hybridized carbons (Fsp3) is 0.471. The molecule has 45 heavy (non-hydrogen) atoms. The standard InChI is InChI=1S/C34H42N4O7/c1-19(2)26(28(39)31-35-23-11-8-9-13-25(23)44-31)36-30(41)24-12-10-18-38(24)32(42)27(20(3)4)37-29(40)21-14-16-22(17-15-21)33(43)45-34(5,6)7/h8-9,11,13-17,19-20,24,26-27H,10,12,18H2,1-7H3,(H,36,41)(H,37,40)/t24-,26?,27-/m0/s1. The molecule has 1 aliphatic rings. The number of hydrogen-bond acceptors (Lipinski definition) is 8. The van der Waals surface area contributed by atoms with Crippen molar-refractivity contribution in [3.8, 4) is 0 Å². The number of para-hydroxylation sites is 2. The summed E-state index contributed by atoms with van der Waals surface area (Å²) < 4.78 is 11.0. The molecule has 0 aliphatic carbocycles. The van der Waals surface area contributed by atoms with Crippen LogP contribution in [-0.4, -0.2) is 69.6 Å². The molecule has 2 heterocycles. The van der Waals surface area contributed by atoms with Gasteiger partial charge in [0.2, 0.25) is 17.6 Å². The lowest BCUT2D eigenvalue weighted by atomic mass is 9.98. The Morgan fingerprint density at radius 3 is 2.11 bits per heavy atom. The molecular weight excluding hydrogens is 576 g/mol. The van der Waals surface area contributed by atoms with Crippen molar-refractivity contribution in [3.05, 3.63) is 65.5 Å². The summed E-state index contributed by atoms with van der Waals surface area (Å²) in [7, 11) is 0. The highest BCUT2D eigenvalue weighted by atomic mass is 16.6. The third-order valence-corrected chi connectivity index (χ3v) is 7.59. The molecule has 0 saturated carbocycles. The smallest absolute Gasteiger partial charge is 0.338 e. The second kappa shape index (κ2) is 13.6. The van der Waals surface area contributed by atoms with Crippen molar-refractivity contribution in [2.45, 2.75) is 85.0 Å². The van der Waals surface area contributed by atoms with Crippen molar-refractivity contribution >= 4 is 40.6 Å². The molecule has 240 valence electrons. The average molecular weight is 619 g/mol. The van der Waals surface area contributed by atoms with Crippen LogP contribution in [0.2, 0.25) is 0 Å². The van der Waals surface area contributed by atoms with Gasteiger partial charge in [0.05, 0.1) is 11.6 Å². The van der Waals surface area contributed by atoms with Gasteiger partial charge in [-0.2, -0.15) is 0 Å². The Kier molecular flexibility index (Phi) is 10.1. The summed E-state index contributed by atoms with van der Waals surface area (Å²) >= 11 is 0. The van der Waals surface area contributed by atoms with Crippen LogP contribution in [0, 0.1) is 11.8 Å². The quantitative estimate of drug-likeness (QED) is 0.248. The van der Waals surface area contributed by atoms with E-state index in [0.29, 0.717) is 36.0 Å². The largest absolute Gasteiger partial charge is 0.456 e. The highest BCUT2D eigenvalue weighted by molar-refractivity contribution is 6.02. The van der Waals surface area contributed by atoms with Gasteiger partial charge in [-0.05, 0) is 81.8 Å². The maximum absolute atomic E-state index is 13.8. The van der Waals surface area contributed by atoms with Gasteiger partial charge in [-0.1, -0.05) is 39.8 Å². The Morgan fingerprint density at radius 2 is 1.51 bits per heavy atom. The van der Waals surface area contributed by atoms with E-state index in [-0.39, 0.29) is 29.2 Å². The summed E-state index contributed by atoms with van der Waals surface area (Å²) in [5, 5.41) is 5.66. The van der Waals surface area contributed by atoms with Gasteiger partial charge in [-0.25, -0.2) is 9.78 Å². The Morgan fingerprint density at radius 1 is 0.889 bits per heavy atom. The van der Waals surface area contributed by atoms with Gasteiger partial charge in [-0.3, -0.25) is 19.2 Å². The number of nitrogens with zero attached hydrogens (tertiary/aromatic N) is 2. The zero-order valence-corrected chi connectivity index (χ0v) is 26.9. The first-order valence-electron chi connectivity index (χ1n) is 15.3. The summed E-state index contributed by atoms with van der Waals surface area (Å²) in [4.78, 5) is 72.0. The summed E-state index contributed by atoms with van der Waals surface area (Å²) in [5.74, 6) is -2.91. The fourth-order valence-corrected chi connectivity index (χ4v) is 5.21. The minimum Gasteiger partial charge on any atom is -0.456 e. The molecule has 11 heteroatoms. The number of likely N-dealkylation sites (tertiary alicyclic amines) is 1. The summed E-state index contributed by atoms with van der Waals surface area (Å²) in [6.07, 6.45) is 1.02. The normalized spacial score (nSPS) is 16.5. The molecule has 3 atom stereocenters. The van der Waals surface area contributed by atoms with Crippen molar-refractivity contribution in [3.63, 3.8) is 0 Å². The number of hydrogen-bond donors (Lipinski definition) is 2. The maximum atomic E-state index is 13.8. The Bertz CT molecular complexity index is 1540. The molecule has 3 aromatic rings. The molecule has 1 aliphatic heterocycles. The van der Waals surface area contributed by atoms with Crippen LogP contribution in [0.3, 0.4) is 0 Å². The molecule has 0 bridgehead atoms. The van der Waals surface area contributed by atoms with Crippen molar-refractivity contribution in [1.29, 1.82) is 0 Å². The molecular formula is C34H42N4O7. The van der Waals surface area contributed by atoms with Gasteiger partial charge >= 0.3 is 5.97 Å². The number of carbonyl (C=O) groups is 5. The number of carbonyl (C=O) groups excluding carboxylic acids is 5. The van der Waals surface area contributed by atoms with Crippen LogP contribution in [-0.2, 0) is 14.3 Å². The number of Topliss-reactive ketones (excluding diaryl/α,β-unsaturated/α-hetero) is 1. The first kappa shape index (κ1) is 33.4. The summed E-state index contributed by atoms with van der Waals surface area (Å²) in [5.41, 5.74) is 0.942. The Balaban J connectivity index is 1.44. The van der Waals surface area contributed by atoms with E-state index in [4.69, 9.17) is 9.15 Å². The minimum absolute atomic E-state index is 0.0868. The van der Waals surface area contributed by atoms with E-state index in [9.17, 15) is 24.0 Å². The van der Waals surface area contributed by atoms with Crippen LogP contribution in [0.15, 0.2) is 52.9 Å². The van der Waals surface area contributed by atoms with Gasteiger partial charge in [0, 0.05) is 12.1 Å². The SMILES string of the molecule is CC(C)C(NC(=O)[C@@H]1CCCN1C(=O)[C@@H](NC(=O)c1ccc(C(=O)OC(C)(C)C)cc1)C(C)C)C(=O)c1nc2ccccc2o1. The molecule has 3 amide bonds. The number of amides is 3. The summed E-state index contributed by atoms with van der Waals surface area (Å²) in [6.45, 7) is 12.9. The third kappa shape index (κ3) is 7.95. The number of ketones is 1. The second-order valence-electron chi connectivity index (χ2n) is 13.0. The topological polar surface area (TPSA) is 148 Å². The van der Waals surface area contributed by atoms with E-state index < -0.39 is 47.3 Å². The molecule has 4 rings (SSSR count). The first-order valence-corrected chi connectivity index (χ1v) is 15.3. The molecule has 0 spiro atoms. The zero-order valence-electron chi connectivity index (χ0n) is 26.9. The van der Waals surface area contributed by atoms with Crippen LogP contribution in [0.4, 0.5) is 0 Å². The van der Waals surface area contributed by atoms with Crippen LogP contribution in [0.5, 0.6) is 0 Å². The van der Waals surface area contributed by atoms with Gasteiger partial charge in [0.25, 0.3) is 11.8 Å². The van der Waals surface area contributed by atoms with Gasteiger partial charge in [0.15, 0.2) is 5.58 Å². The van der Waals surface area contributed by atoms with E-state index in [1.54, 1.807) is 45.0 Å². The first-order chi connectivity index (χ1) is 21.2. The van der Waals surface area contributed by atoms with Crippen molar-refractivity contribution in [1.82, 2.24) is 20.5 Å². The van der Waals surface area contributed by atoms with Crippen molar-refractivity contribution < 1.29 is 33.1 Å². The number of esters is 1. The lowest BCUT2D eigenvalue weighted by Crippen LogP contribution is -2.57. The van der Waals surface area contributed by atoms with Crippen molar-refractivity contribution in [2.75, 3.05) is 6.54 Å². The third-order valence-electron chi connectivity index (χ3n) is 7.59. The molecule has 2 aromatic carbocycles. The van der Waals surface area contributed by atoms with E-state index in [1.165, 1.54) is 29.2 Å². The highest BCUT2D eigenvalue weighted by Crippen LogP contribution is 2.23. The maximum Gasteiger partial charge on any atom is 0.338 e. The van der Waals surface area contributed by atoms with Crippen LogP contribution in [0.25, 0.3) is 11.1 Å². The monoisotopic (exact) mass is 618 g/mol. The van der Waals surface area contributed by atoms with Crippen LogP contribution < -0.4 is 10.6 Å². The number of fused-ring (bicyclic) bond motifs is 1. The van der Waals surface area contributed by atoms with Gasteiger partial charge in [-0.15, -0.1) is 0 Å². The minimum atomic E-state index is -0.910. The molecule has 1 saturated heterocycles. The van der Waals surface area contributed by atoms with E-state index in [2.05, 4.69) is 15.6 Å². The lowest BCUT2D eigenvalue weighted by molar-refractivity contribution is -0.140. The highest BCUT2D eigenvalue weighted by Gasteiger charge is 2.40. The number of oxazole rings is 1. The van der Waals surface area contributed by atoms with Crippen molar-refractivity contribution in [2.24, 2.45) is 11.8 Å². The number of nitrogens with one attached hydrogen (secondary N) is 2. The fourth-order valence-electron chi connectivity index (χ4n) is 5.21. The predicted octanol–water partition coefficient (Wildman–Crippen LogP) is 4.55. The number of aromatic nitrogens is 1. The molecule has 2 N–H and O–H groups in total. The van der Waals surface area contributed by atoms with Crippen LogP contribution >= 0.6 is 0 Å². The molecule has 1 fully saturated rings. The van der Waals surface area contributed by atoms with Gasteiger partial charge in [0.1, 0.15) is 23.2 Å². The number of benzene rings is 2. The van der Waals surface area contributed by atoms with Gasteiger partial charge < -0.3 is 24.7 Å². The Labute approximate surface area is 263 Å². The predicted molar refractivity (Wildman–Crippen MR) is 168 cm³/mol. The zero-order chi connectivity index (χ0) is 33.1. The summed E-state index contributed by atoms with van der Waals surface area (Å²) in [6, 6.07) is 10.4. The lowest BCUT2D eigenvalue weighted by Gasteiger charge is -2.31.